The molecule has 0 aromatic carbocycles. The van der Waals surface area contributed by atoms with E-state index in [0.29, 0.717) is 18.4 Å². The first-order valence-corrected chi connectivity index (χ1v) is 7.81. The highest BCUT2D eigenvalue weighted by molar-refractivity contribution is 5.79. The maximum absolute atomic E-state index is 12.2. The summed E-state index contributed by atoms with van der Waals surface area (Å²) in [5.41, 5.74) is 0. The van der Waals surface area contributed by atoms with Gasteiger partial charge in [-0.1, -0.05) is 41.5 Å². The van der Waals surface area contributed by atoms with Gasteiger partial charge in [0.05, 0.1) is 0 Å². The highest BCUT2D eigenvalue weighted by atomic mass is 16.2. The van der Waals surface area contributed by atoms with Gasteiger partial charge in [-0.15, -0.1) is 0 Å². The van der Waals surface area contributed by atoms with E-state index in [-0.39, 0.29) is 29.7 Å². The molecule has 0 bridgehead atoms. The summed E-state index contributed by atoms with van der Waals surface area (Å²) in [4.78, 5) is 26.1. The fourth-order valence-electron chi connectivity index (χ4n) is 2.64. The summed E-state index contributed by atoms with van der Waals surface area (Å²) in [6, 6.07) is 0.0914. The molecule has 1 aliphatic heterocycles. The lowest BCUT2D eigenvalue weighted by atomic mass is 9.85. The second kappa shape index (κ2) is 7.09. The zero-order chi connectivity index (χ0) is 15.4. The summed E-state index contributed by atoms with van der Waals surface area (Å²) in [6.45, 7) is 13.5. The molecule has 2 amide bonds. The van der Waals surface area contributed by atoms with Crippen LogP contribution in [-0.2, 0) is 9.59 Å². The summed E-state index contributed by atoms with van der Waals surface area (Å²) >= 11 is 0. The largest absolute Gasteiger partial charge is 0.351 e. The van der Waals surface area contributed by atoms with E-state index in [4.69, 9.17) is 0 Å². The van der Waals surface area contributed by atoms with Crippen LogP contribution in [0.4, 0.5) is 0 Å². The van der Waals surface area contributed by atoms with E-state index in [0.717, 1.165) is 13.0 Å². The third-order valence-electron chi connectivity index (χ3n) is 4.10. The molecule has 2 unspecified atom stereocenters. The minimum absolute atomic E-state index is 0.0105. The van der Waals surface area contributed by atoms with Gasteiger partial charge in [0, 0.05) is 31.0 Å². The van der Waals surface area contributed by atoms with Crippen molar-refractivity contribution in [3.8, 4) is 0 Å². The van der Waals surface area contributed by atoms with Crippen LogP contribution in [0, 0.1) is 23.7 Å². The number of nitrogens with one attached hydrogen (secondary N) is 1. The van der Waals surface area contributed by atoms with Gasteiger partial charge in [-0.3, -0.25) is 9.59 Å². The molecule has 1 saturated heterocycles. The Labute approximate surface area is 123 Å². The zero-order valence-corrected chi connectivity index (χ0v) is 13.8. The Morgan fingerprint density at radius 3 is 2.05 bits per heavy atom. The summed E-state index contributed by atoms with van der Waals surface area (Å²) in [5.74, 6) is 1.27. The Balaban J connectivity index is 2.75. The number of amides is 2. The third kappa shape index (κ3) is 4.50. The van der Waals surface area contributed by atoms with Gasteiger partial charge >= 0.3 is 0 Å². The number of piperidine rings is 1. The molecule has 1 heterocycles. The topological polar surface area (TPSA) is 49.4 Å². The number of carbonyl (C=O) groups is 2. The van der Waals surface area contributed by atoms with Crippen LogP contribution >= 0.6 is 0 Å². The third-order valence-corrected chi connectivity index (χ3v) is 4.10. The predicted octanol–water partition coefficient (Wildman–Crippen LogP) is 2.29. The Bertz CT molecular complexity index is 350. The highest BCUT2D eigenvalue weighted by Gasteiger charge is 2.33. The second-order valence-electron chi connectivity index (χ2n) is 7.00. The van der Waals surface area contributed by atoms with Crippen molar-refractivity contribution >= 4 is 11.8 Å². The first-order chi connectivity index (χ1) is 9.22. The van der Waals surface area contributed by atoms with Gasteiger partial charge in [-0.05, 0) is 18.3 Å². The van der Waals surface area contributed by atoms with Gasteiger partial charge < -0.3 is 10.2 Å². The monoisotopic (exact) mass is 282 g/mol. The Hall–Kier alpha value is -1.06. The van der Waals surface area contributed by atoms with Gasteiger partial charge in [-0.25, -0.2) is 0 Å². The number of hydrogen-bond acceptors (Lipinski definition) is 2. The summed E-state index contributed by atoms with van der Waals surface area (Å²) in [5, 5.41) is 3.09. The molecule has 4 nitrogen and oxygen atoms in total. The van der Waals surface area contributed by atoms with Crippen molar-refractivity contribution in [3.05, 3.63) is 0 Å². The number of nitrogens with zero attached hydrogens (tertiary/aromatic N) is 1. The number of hydrogen-bond donors (Lipinski definition) is 1. The van der Waals surface area contributed by atoms with Crippen molar-refractivity contribution in [3.63, 3.8) is 0 Å². The standard InChI is InChI=1S/C16H30N2O2/c1-10(2)13-7-14(17-15(19)11(3)4)9-18(8-13)16(20)12(5)6/h10-14H,7-9H2,1-6H3,(H,17,19). The van der Waals surface area contributed by atoms with E-state index in [1.54, 1.807) is 0 Å². The van der Waals surface area contributed by atoms with Crippen molar-refractivity contribution in [1.82, 2.24) is 10.2 Å². The van der Waals surface area contributed by atoms with Gasteiger partial charge in [0.2, 0.25) is 11.8 Å². The zero-order valence-electron chi connectivity index (χ0n) is 13.8. The molecular weight excluding hydrogens is 252 g/mol. The number of rotatable bonds is 4. The van der Waals surface area contributed by atoms with Crippen molar-refractivity contribution in [2.45, 2.75) is 54.0 Å². The van der Waals surface area contributed by atoms with Crippen molar-refractivity contribution < 1.29 is 9.59 Å². The van der Waals surface area contributed by atoms with Crippen molar-refractivity contribution in [1.29, 1.82) is 0 Å². The molecule has 1 aliphatic rings. The molecule has 0 saturated carbocycles. The predicted molar refractivity (Wildman–Crippen MR) is 81.1 cm³/mol. The van der Waals surface area contributed by atoms with Gasteiger partial charge in [0.1, 0.15) is 0 Å². The molecule has 1 N–H and O–H groups in total. The Kier molecular flexibility index (Phi) is 6.03. The smallest absolute Gasteiger partial charge is 0.225 e. The maximum Gasteiger partial charge on any atom is 0.225 e. The summed E-state index contributed by atoms with van der Waals surface area (Å²) < 4.78 is 0. The number of likely N-dealkylation sites (tertiary alicyclic amines) is 1. The van der Waals surface area contributed by atoms with E-state index >= 15 is 0 Å². The van der Waals surface area contributed by atoms with E-state index in [1.807, 2.05) is 32.6 Å². The van der Waals surface area contributed by atoms with Crippen molar-refractivity contribution in [2.24, 2.45) is 23.7 Å². The van der Waals surface area contributed by atoms with Crippen LogP contribution in [0.3, 0.4) is 0 Å². The molecule has 0 aromatic rings. The van der Waals surface area contributed by atoms with E-state index < -0.39 is 0 Å². The van der Waals surface area contributed by atoms with Crippen molar-refractivity contribution in [2.75, 3.05) is 13.1 Å². The normalized spacial score (nSPS) is 23.6. The summed E-state index contributed by atoms with van der Waals surface area (Å²) in [7, 11) is 0. The molecular formula is C16H30N2O2. The average Bonchev–Trinajstić information content (AvgIpc) is 2.36. The Morgan fingerprint density at radius 2 is 1.60 bits per heavy atom. The van der Waals surface area contributed by atoms with Crippen LogP contribution < -0.4 is 5.32 Å². The van der Waals surface area contributed by atoms with Crippen LogP contribution in [0.2, 0.25) is 0 Å². The molecule has 0 radical (unpaired) electrons. The molecule has 0 spiro atoms. The molecule has 20 heavy (non-hydrogen) atoms. The number of carbonyl (C=O) groups excluding carboxylic acids is 2. The first kappa shape index (κ1) is 17.0. The molecule has 0 aromatic heterocycles. The van der Waals surface area contributed by atoms with Crippen LogP contribution in [-0.4, -0.2) is 35.8 Å². The Morgan fingerprint density at radius 1 is 1.00 bits per heavy atom. The molecule has 4 heteroatoms. The second-order valence-corrected chi connectivity index (χ2v) is 7.00. The van der Waals surface area contributed by atoms with Gasteiger partial charge in [-0.2, -0.15) is 0 Å². The van der Waals surface area contributed by atoms with E-state index in [9.17, 15) is 9.59 Å². The summed E-state index contributed by atoms with van der Waals surface area (Å²) in [6.07, 6.45) is 0.970. The minimum Gasteiger partial charge on any atom is -0.351 e. The maximum atomic E-state index is 12.2. The molecule has 116 valence electrons. The van der Waals surface area contributed by atoms with Crippen LogP contribution in [0.5, 0.6) is 0 Å². The van der Waals surface area contributed by atoms with E-state index in [1.165, 1.54) is 0 Å². The van der Waals surface area contributed by atoms with Crippen LogP contribution in [0.1, 0.15) is 48.0 Å². The van der Waals surface area contributed by atoms with Crippen LogP contribution in [0.15, 0.2) is 0 Å². The lowest BCUT2D eigenvalue weighted by molar-refractivity contribution is -0.138. The molecule has 1 fully saturated rings. The molecule has 1 rings (SSSR count). The quantitative estimate of drug-likeness (QED) is 0.860. The van der Waals surface area contributed by atoms with Crippen LogP contribution in [0.25, 0.3) is 0 Å². The van der Waals surface area contributed by atoms with Gasteiger partial charge in [0.15, 0.2) is 0 Å². The first-order valence-electron chi connectivity index (χ1n) is 7.81. The SMILES string of the molecule is CC(C)C(=O)NC1CC(C(C)C)CN(C(=O)C(C)C)C1. The van der Waals surface area contributed by atoms with Gasteiger partial charge in [0.25, 0.3) is 0 Å². The lowest BCUT2D eigenvalue weighted by Gasteiger charge is -2.40. The highest BCUT2D eigenvalue weighted by Crippen LogP contribution is 2.25. The van der Waals surface area contributed by atoms with E-state index in [2.05, 4.69) is 19.2 Å². The minimum atomic E-state index is -0.0105. The lowest BCUT2D eigenvalue weighted by Crippen LogP contribution is -2.54. The molecule has 0 aliphatic carbocycles. The average molecular weight is 282 g/mol. The fraction of sp³-hybridized carbons (Fsp3) is 0.875. The molecule has 2 atom stereocenters. The fourth-order valence-corrected chi connectivity index (χ4v) is 2.64.